The molecular weight excluding hydrogens is 347 g/mol. The third-order valence-corrected chi connectivity index (χ3v) is 5.49. The molecule has 0 aliphatic carbocycles. The molecule has 1 fully saturated rings. The van der Waals surface area contributed by atoms with Crippen molar-refractivity contribution < 1.29 is 22.3 Å². The number of halogens is 1. The van der Waals surface area contributed by atoms with E-state index in [4.69, 9.17) is 4.74 Å². The zero-order chi connectivity index (χ0) is 18.0. The van der Waals surface area contributed by atoms with E-state index < -0.39 is 26.8 Å². The Labute approximate surface area is 145 Å². The van der Waals surface area contributed by atoms with Gasteiger partial charge < -0.3 is 9.64 Å². The average molecular weight is 364 g/mol. The van der Waals surface area contributed by atoms with Crippen molar-refractivity contribution in [2.24, 2.45) is 0 Å². The lowest BCUT2D eigenvalue weighted by molar-refractivity contribution is -0.117. The Bertz CT molecular complexity index is 901. The van der Waals surface area contributed by atoms with Crippen molar-refractivity contribution >= 4 is 21.6 Å². The molecule has 8 heteroatoms. The number of carbonyl (C=O) groups excluding carboxylic acids is 1. The first-order valence-corrected chi connectivity index (χ1v) is 9.10. The molecule has 0 spiro atoms. The van der Waals surface area contributed by atoms with Crippen LogP contribution >= 0.6 is 0 Å². The first-order valence-electron chi connectivity index (χ1n) is 7.62. The summed E-state index contributed by atoms with van der Waals surface area (Å²) >= 11 is 0. The molecule has 0 radical (unpaired) electrons. The second-order valence-electron chi connectivity index (χ2n) is 5.66. The predicted octanol–water partition coefficient (Wildman–Crippen LogP) is 1.92. The van der Waals surface area contributed by atoms with Gasteiger partial charge in [0.2, 0.25) is 15.9 Å². The highest BCUT2D eigenvalue weighted by atomic mass is 32.2. The van der Waals surface area contributed by atoms with Crippen molar-refractivity contribution in [2.75, 3.05) is 18.6 Å². The fourth-order valence-corrected chi connectivity index (χ4v) is 4.07. The second-order valence-corrected chi connectivity index (χ2v) is 7.34. The maximum Gasteiger partial charge on any atom is 0.243 e. The quantitative estimate of drug-likeness (QED) is 0.880. The molecule has 1 aliphatic rings. The van der Waals surface area contributed by atoms with Crippen LogP contribution in [0.1, 0.15) is 6.42 Å². The van der Waals surface area contributed by atoms with Crippen LogP contribution in [0.2, 0.25) is 0 Å². The molecular formula is C17H17FN2O4S. The van der Waals surface area contributed by atoms with E-state index in [1.54, 1.807) is 24.3 Å². The first kappa shape index (κ1) is 17.4. The summed E-state index contributed by atoms with van der Waals surface area (Å²) in [5.74, 6) is -0.445. The number of sulfonamides is 1. The number of anilines is 1. The minimum absolute atomic E-state index is 0.00485. The smallest absolute Gasteiger partial charge is 0.243 e. The molecule has 2 aromatic carbocycles. The van der Waals surface area contributed by atoms with E-state index in [9.17, 15) is 17.6 Å². The molecule has 1 heterocycles. The minimum atomic E-state index is -4.04. The van der Waals surface area contributed by atoms with Gasteiger partial charge in [0.15, 0.2) is 0 Å². The van der Waals surface area contributed by atoms with E-state index in [2.05, 4.69) is 4.72 Å². The summed E-state index contributed by atoms with van der Waals surface area (Å²) in [6.07, 6.45) is 0.00485. The number of nitrogens with zero attached hydrogens (tertiary/aromatic N) is 1. The van der Waals surface area contributed by atoms with Crippen molar-refractivity contribution in [2.45, 2.75) is 17.4 Å². The number of methoxy groups -OCH3 is 1. The van der Waals surface area contributed by atoms with Gasteiger partial charge in [0.25, 0.3) is 0 Å². The maximum absolute atomic E-state index is 13.8. The first-order chi connectivity index (χ1) is 11.9. The molecule has 2 aromatic rings. The normalized spacial score (nSPS) is 17.8. The van der Waals surface area contributed by atoms with Crippen LogP contribution in [0.3, 0.4) is 0 Å². The fraction of sp³-hybridized carbons (Fsp3) is 0.235. The molecule has 0 saturated carbocycles. The van der Waals surface area contributed by atoms with Crippen LogP contribution in [0.25, 0.3) is 0 Å². The maximum atomic E-state index is 13.8. The Morgan fingerprint density at radius 2 is 1.96 bits per heavy atom. The van der Waals surface area contributed by atoms with Gasteiger partial charge in [-0.3, -0.25) is 4.79 Å². The number of carbonyl (C=O) groups is 1. The Hall–Kier alpha value is -2.45. The van der Waals surface area contributed by atoms with Crippen LogP contribution in [-0.4, -0.2) is 34.0 Å². The van der Waals surface area contributed by atoms with Crippen LogP contribution in [0.15, 0.2) is 53.4 Å². The van der Waals surface area contributed by atoms with E-state index in [-0.39, 0.29) is 18.9 Å². The molecule has 1 atom stereocenters. The van der Waals surface area contributed by atoms with Gasteiger partial charge >= 0.3 is 0 Å². The molecule has 132 valence electrons. The van der Waals surface area contributed by atoms with Crippen LogP contribution in [0, 0.1) is 5.82 Å². The highest BCUT2D eigenvalue weighted by Crippen LogP contribution is 2.26. The van der Waals surface area contributed by atoms with E-state index in [1.165, 1.54) is 30.2 Å². The lowest BCUT2D eigenvalue weighted by atomic mass is 10.3. The van der Waals surface area contributed by atoms with Gasteiger partial charge in [-0.05, 0) is 24.3 Å². The predicted molar refractivity (Wildman–Crippen MR) is 90.5 cm³/mol. The lowest BCUT2D eigenvalue weighted by Crippen LogP contribution is -2.37. The summed E-state index contributed by atoms with van der Waals surface area (Å²) in [5, 5.41) is 0. The molecule has 1 N–H and O–H groups in total. The van der Waals surface area contributed by atoms with Gasteiger partial charge in [0.05, 0.1) is 7.11 Å². The van der Waals surface area contributed by atoms with Crippen molar-refractivity contribution in [1.82, 2.24) is 4.72 Å². The van der Waals surface area contributed by atoms with Gasteiger partial charge in [-0.2, -0.15) is 0 Å². The summed E-state index contributed by atoms with van der Waals surface area (Å²) in [7, 11) is -2.52. The largest absolute Gasteiger partial charge is 0.497 e. The standard InChI is InChI=1S/C17H17FN2O4S/c1-24-14-6-4-5-13(10-14)20-11-12(9-17(20)21)19-25(22,23)16-8-3-2-7-15(16)18/h2-8,10,12,19H,9,11H2,1H3/t12-/m0/s1. The topological polar surface area (TPSA) is 75.7 Å². The highest BCUT2D eigenvalue weighted by Gasteiger charge is 2.34. The van der Waals surface area contributed by atoms with Gasteiger partial charge in [0.1, 0.15) is 16.5 Å². The van der Waals surface area contributed by atoms with E-state index in [0.717, 1.165) is 6.07 Å². The number of nitrogens with one attached hydrogen (secondary N) is 1. The van der Waals surface area contributed by atoms with Gasteiger partial charge in [-0.25, -0.2) is 17.5 Å². The SMILES string of the molecule is COc1cccc(N2C[C@@H](NS(=O)(=O)c3ccccc3F)CC2=O)c1. The number of ether oxygens (including phenoxy) is 1. The van der Waals surface area contributed by atoms with E-state index in [1.807, 2.05) is 0 Å². The fourth-order valence-electron chi connectivity index (χ4n) is 2.76. The lowest BCUT2D eigenvalue weighted by Gasteiger charge is -2.18. The van der Waals surface area contributed by atoms with Crippen LogP contribution in [0.4, 0.5) is 10.1 Å². The molecule has 1 aliphatic heterocycles. The molecule has 3 rings (SSSR count). The number of amides is 1. The Morgan fingerprint density at radius 3 is 2.68 bits per heavy atom. The van der Waals surface area contributed by atoms with Gasteiger partial charge in [0, 0.05) is 30.8 Å². The van der Waals surface area contributed by atoms with Crippen LogP contribution < -0.4 is 14.4 Å². The van der Waals surface area contributed by atoms with Crippen LogP contribution in [0.5, 0.6) is 5.75 Å². The Morgan fingerprint density at radius 1 is 1.20 bits per heavy atom. The Balaban J connectivity index is 1.78. The number of hydrogen-bond acceptors (Lipinski definition) is 4. The average Bonchev–Trinajstić information content (AvgIpc) is 2.94. The van der Waals surface area contributed by atoms with E-state index in [0.29, 0.717) is 11.4 Å². The molecule has 0 aromatic heterocycles. The van der Waals surface area contributed by atoms with Gasteiger partial charge in [-0.15, -0.1) is 0 Å². The summed E-state index contributed by atoms with van der Waals surface area (Å²) in [6.45, 7) is 0.166. The van der Waals surface area contributed by atoms with Crippen molar-refractivity contribution in [3.8, 4) is 5.75 Å². The third-order valence-electron chi connectivity index (χ3n) is 3.94. The summed E-state index contributed by atoms with van der Waals surface area (Å²) in [4.78, 5) is 13.3. The monoisotopic (exact) mass is 364 g/mol. The number of benzene rings is 2. The van der Waals surface area contributed by atoms with Crippen molar-refractivity contribution in [1.29, 1.82) is 0 Å². The van der Waals surface area contributed by atoms with Crippen molar-refractivity contribution in [3.05, 3.63) is 54.3 Å². The van der Waals surface area contributed by atoms with E-state index >= 15 is 0 Å². The molecule has 1 amide bonds. The second kappa shape index (κ2) is 6.81. The van der Waals surface area contributed by atoms with Crippen molar-refractivity contribution in [3.63, 3.8) is 0 Å². The summed E-state index contributed by atoms with van der Waals surface area (Å²) in [5.41, 5.74) is 0.622. The zero-order valence-electron chi connectivity index (χ0n) is 13.5. The zero-order valence-corrected chi connectivity index (χ0v) is 14.3. The van der Waals surface area contributed by atoms with Crippen LogP contribution in [-0.2, 0) is 14.8 Å². The molecule has 6 nitrogen and oxygen atoms in total. The molecule has 25 heavy (non-hydrogen) atoms. The molecule has 0 bridgehead atoms. The third kappa shape index (κ3) is 3.64. The molecule has 0 unspecified atom stereocenters. The molecule has 1 saturated heterocycles. The Kier molecular flexibility index (Phi) is 4.73. The highest BCUT2D eigenvalue weighted by molar-refractivity contribution is 7.89. The van der Waals surface area contributed by atoms with Gasteiger partial charge in [-0.1, -0.05) is 18.2 Å². The number of hydrogen-bond donors (Lipinski definition) is 1. The number of rotatable bonds is 5. The summed E-state index contributed by atoms with van der Waals surface area (Å²) in [6, 6.07) is 11.4. The summed E-state index contributed by atoms with van der Waals surface area (Å²) < 4.78 is 46.0. The minimum Gasteiger partial charge on any atom is -0.497 e.